The molecule has 0 aromatic carbocycles. The molecule has 1 aliphatic heterocycles. The van der Waals surface area contributed by atoms with E-state index in [4.69, 9.17) is 5.26 Å². The predicted octanol–water partition coefficient (Wildman–Crippen LogP) is 1.16. The first-order valence-electron chi connectivity index (χ1n) is 3.84. The Morgan fingerprint density at radius 1 is 1.92 bits per heavy atom. The molecular weight excluding hydrogens is 170 g/mol. The zero-order chi connectivity index (χ0) is 8.55. The minimum atomic E-state index is 0.147. The summed E-state index contributed by atoms with van der Waals surface area (Å²) in [5.41, 5.74) is 1.07. The highest BCUT2D eigenvalue weighted by Crippen LogP contribution is 2.21. The third-order valence-electron chi connectivity index (χ3n) is 1.87. The predicted molar refractivity (Wildman–Crippen MR) is 46.7 cm³/mol. The first-order chi connectivity index (χ1) is 5.79. The van der Waals surface area contributed by atoms with Gasteiger partial charge in [-0.1, -0.05) is 0 Å². The highest BCUT2D eigenvalue weighted by Gasteiger charge is 2.34. The van der Waals surface area contributed by atoms with Crippen molar-refractivity contribution < 1.29 is 0 Å². The molecule has 0 aliphatic carbocycles. The van der Waals surface area contributed by atoms with E-state index in [0.717, 1.165) is 23.8 Å². The van der Waals surface area contributed by atoms with E-state index in [-0.39, 0.29) is 6.04 Å². The normalized spacial score (nSPS) is 26.7. The van der Waals surface area contributed by atoms with E-state index < -0.39 is 0 Å². The van der Waals surface area contributed by atoms with Crippen LogP contribution in [0.25, 0.3) is 0 Å². The SMILES string of the molecule is Cc1csc(CN2CC2C#N)n1. The number of hydrogen-bond donors (Lipinski definition) is 0. The Labute approximate surface area is 75.3 Å². The Balaban J connectivity index is 1.94. The molecule has 0 spiro atoms. The second kappa shape index (κ2) is 2.85. The number of aryl methyl sites for hydroxylation is 1. The van der Waals surface area contributed by atoms with Gasteiger partial charge in [0.2, 0.25) is 0 Å². The lowest BCUT2D eigenvalue weighted by Crippen LogP contribution is -1.99. The molecule has 2 heterocycles. The summed E-state index contributed by atoms with van der Waals surface area (Å²) in [5.74, 6) is 0. The standard InChI is InChI=1S/C8H9N3S/c1-6-5-12-8(10-6)4-11-3-7(11)2-9/h5,7H,3-4H2,1H3. The quantitative estimate of drug-likeness (QED) is 0.639. The smallest absolute Gasteiger partial charge is 0.111 e. The molecule has 2 atom stereocenters. The van der Waals surface area contributed by atoms with Crippen LogP contribution in [0.2, 0.25) is 0 Å². The van der Waals surface area contributed by atoms with Crippen LogP contribution in [0, 0.1) is 18.3 Å². The minimum Gasteiger partial charge on any atom is -0.278 e. The minimum absolute atomic E-state index is 0.147. The summed E-state index contributed by atoms with van der Waals surface area (Å²) in [7, 11) is 0. The van der Waals surface area contributed by atoms with Crippen molar-refractivity contribution in [1.29, 1.82) is 5.26 Å². The molecule has 0 bridgehead atoms. The lowest BCUT2D eigenvalue weighted by molar-refractivity contribution is 0.529. The van der Waals surface area contributed by atoms with Crippen molar-refractivity contribution in [3.05, 3.63) is 16.1 Å². The van der Waals surface area contributed by atoms with E-state index in [2.05, 4.69) is 16.0 Å². The number of hydrogen-bond acceptors (Lipinski definition) is 4. The van der Waals surface area contributed by atoms with Crippen molar-refractivity contribution in [2.24, 2.45) is 0 Å². The molecular formula is C8H9N3S. The van der Waals surface area contributed by atoms with E-state index >= 15 is 0 Å². The van der Waals surface area contributed by atoms with Crippen LogP contribution in [0.1, 0.15) is 10.7 Å². The summed E-state index contributed by atoms with van der Waals surface area (Å²) >= 11 is 1.67. The molecule has 12 heavy (non-hydrogen) atoms. The highest BCUT2D eigenvalue weighted by atomic mass is 32.1. The fraction of sp³-hybridized carbons (Fsp3) is 0.500. The molecule has 1 aromatic rings. The summed E-state index contributed by atoms with van der Waals surface area (Å²) in [6, 6.07) is 2.37. The third kappa shape index (κ3) is 1.47. The monoisotopic (exact) mass is 179 g/mol. The van der Waals surface area contributed by atoms with Crippen molar-refractivity contribution >= 4 is 11.3 Å². The van der Waals surface area contributed by atoms with Gasteiger partial charge in [-0.3, -0.25) is 4.90 Å². The fourth-order valence-electron chi connectivity index (χ4n) is 1.12. The van der Waals surface area contributed by atoms with Crippen molar-refractivity contribution in [3.63, 3.8) is 0 Å². The largest absolute Gasteiger partial charge is 0.278 e. The summed E-state index contributed by atoms with van der Waals surface area (Å²) < 4.78 is 0. The van der Waals surface area contributed by atoms with Gasteiger partial charge in [-0.15, -0.1) is 11.3 Å². The van der Waals surface area contributed by atoms with E-state index in [1.54, 1.807) is 11.3 Å². The Bertz CT molecular complexity index is 325. The van der Waals surface area contributed by atoms with Gasteiger partial charge in [-0.2, -0.15) is 5.26 Å². The van der Waals surface area contributed by atoms with Gasteiger partial charge in [0.1, 0.15) is 11.0 Å². The van der Waals surface area contributed by atoms with Gasteiger partial charge < -0.3 is 0 Å². The zero-order valence-electron chi connectivity index (χ0n) is 6.82. The molecule has 0 N–H and O–H groups in total. The van der Waals surface area contributed by atoms with E-state index in [0.29, 0.717) is 0 Å². The fourth-order valence-corrected chi connectivity index (χ4v) is 1.92. The number of nitriles is 1. The van der Waals surface area contributed by atoms with Crippen LogP contribution >= 0.6 is 11.3 Å². The Kier molecular flexibility index (Phi) is 1.83. The van der Waals surface area contributed by atoms with Gasteiger partial charge in [0.05, 0.1) is 12.6 Å². The molecule has 1 saturated heterocycles. The molecule has 1 aromatic heterocycles. The molecule has 0 saturated carbocycles. The van der Waals surface area contributed by atoms with Gasteiger partial charge >= 0.3 is 0 Å². The van der Waals surface area contributed by atoms with Gasteiger partial charge in [-0.05, 0) is 6.92 Å². The van der Waals surface area contributed by atoms with Crippen LogP contribution in [0.3, 0.4) is 0 Å². The van der Waals surface area contributed by atoms with E-state index in [9.17, 15) is 0 Å². The molecule has 0 amide bonds. The Morgan fingerprint density at radius 2 is 2.75 bits per heavy atom. The van der Waals surface area contributed by atoms with E-state index in [1.807, 2.05) is 12.3 Å². The summed E-state index contributed by atoms with van der Waals surface area (Å²) in [6.07, 6.45) is 0. The van der Waals surface area contributed by atoms with Crippen LogP contribution in [0.15, 0.2) is 5.38 Å². The van der Waals surface area contributed by atoms with Gasteiger partial charge in [0.25, 0.3) is 0 Å². The van der Waals surface area contributed by atoms with Crippen LogP contribution in [0.5, 0.6) is 0 Å². The van der Waals surface area contributed by atoms with Gasteiger partial charge in [0.15, 0.2) is 0 Å². The van der Waals surface area contributed by atoms with Crippen LogP contribution in [-0.2, 0) is 6.54 Å². The first kappa shape index (κ1) is 7.71. The number of rotatable bonds is 2. The van der Waals surface area contributed by atoms with Crippen LogP contribution < -0.4 is 0 Å². The van der Waals surface area contributed by atoms with Crippen LogP contribution in [0.4, 0.5) is 0 Å². The number of thiazole rings is 1. The maximum atomic E-state index is 8.55. The van der Waals surface area contributed by atoms with Gasteiger partial charge in [-0.25, -0.2) is 4.98 Å². The summed E-state index contributed by atoms with van der Waals surface area (Å²) in [4.78, 5) is 6.44. The van der Waals surface area contributed by atoms with Gasteiger partial charge in [0, 0.05) is 17.6 Å². The second-order valence-corrected chi connectivity index (χ2v) is 3.90. The van der Waals surface area contributed by atoms with Crippen molar-refractivity contribution in [1.82, 2.24) is 9.88 Å². The maximum Gasteiger partial charge on any atom is 0.111 e. The molecule has 2 rings (SSSR count). The third-order valence-corrected chi connectivity index (χ3v) is 2.82. The average Bonchev–Trinajstić information content (AvgIpc) is 2.67. The topological polar surface area (TPSA) is 39.7 Å². The summed E-state index contributed by atoms with van der Waals surface area (Å²) in [6.45, 7) is 3.75. The number of nitrogens with zero attached hydrogens (tertiary/aromatic N) is 3. The zero-order valence-corrected chi connectivity index (χ0v) is 7.64. The summed E-state index contributed by atoms with van der Waals surface area (Å²) in [5, 5.41) is 11.7. The maximum absolute atomic E-state index is 8.55. The lowest BCUT2D eigenvalue weighted by Gasteiger charge is -1.94. The van der Waals surface area contributed by atoms with Crippen molar-refractivity contribution in [2.75, 3.05) is 6.54 Å². The second-order valence-electron chi connectivity index (χ2n) is 2.96. The molecule has 2 unspecified atom stereocenters. The number of aromatic nitrogens is 1. The Morgan fingerprint density at radius 3 is 3.25 bits per heavy atom. The van der Waals surface area contributed by atoms with Crippen LogP contribution in [-0.4, -0.2) is 22.5 Å². The molecule has 62 valence electrons. The average molecular weight is 179 g/mol. The molecule has 3 nitrogen and oxygen atoms in total. The molecule has 0 radical (unpaired) electrons. The van der Waals surface area contributed by atoms with Crippen molar-refractivity contribution in [3.8, 4) is 6.07 Å². The molecule has 4 heteroatoms. The first-order valence-corrected chi connectivity index (χ1v) is 4.72. The molecule has 1 aliphatic rings. The Hall–Kier alpha value is -0.920. The lowest BCUT2D eigenvalue weighted by atomic mass is 10.5. The van der Waals surface area contributed by atoms with Crippen molar-refractivity contribution in [2.45, 2.75) is 19.5 Å². The molecule has 1 fully saturated rings. The highest BCUT2D eigenvalue weighted by molar-refractivity contribution is 7.09. The van der Waals surface area contributed by atoms with E-state index in [1.165, 1.54) is 0 Å².